The van der Waals surface area contributed by atoms with E-state index < -0.39 is 23.9 Å². The first-order chi connectivity index (χ1) is 33.2. The molecule has 0 rings (SSSR count). The monoisotopic (exact) mass is 1080 g/mol. The molecular weight excluding hydrogens is 967 g/mol. The first kappa shape index (κ1) is 75.6. The Morgan fingerprint density at radius 3 is 0.783 bits per heavy atom. The molecule has 0 saturated heterocycles. The van der Waals surface area contributed by atoms with Gasteiger partial charge in [-0.25, -0.2) is 9.59 Å². The SMILES string of the molecule is CCCCCCCC/C=C\CCCCCCCCOC(=O)/C=C/C(=O)[O-].CCCCCCCC/C=C\CCCCCCCCOC(=O)/C=C/C(=O)[O-].[CH2]CCCCCCC.[CH2]CCCCCCC.[Sn+2]. The topological polar surface area (TPSA) is 133 Å². The summed E-state index contributed by atoms with van der Waals surface area (Å²) in [4.78, 5) is 42.5. The minimum Gasteiger partial charge on any atom is -0.545 e. The van der Waals surface area contributed by atoms with Crippen LogP contribution in [-0.4, -0.2) is 61.0 Å². The number of unbranched alkanes of at least 4 members (excludes halogenated alkanes) is 34. The molecule has 9 heteroatoms. The Bertz CT molecular complexity index is 1050. The molecule has 69 heavy (non-hydrogen) atoms. The van der Waals surface area contributed by atoms with Gasteiger partial charge in [0, 0.05) is 12.2 Å². The van der Waals surface area contributed by atoms with Crippen LogP contribution in [0.15, 0.2) is 48.6 Å². The van der Waals surface area contributed by atoms with Gasteiger partial charge in [-0.3, -0.25) is 0 Å². The van der Waals surface area contributed by atoms with Gasteiger partial charge in [0.05, 0.1) is 25.2 Å². The zero-order valence-corrected chi connectivity index (χ0v) is 48.4. The molecule has 0 heterocycles. The summed E-state index contributed by atoms with van der Waals surface area (Å²) in [5.74, 6) is -4.03. The summed E-state index contributed by atoms with van der Waals surface area (Å²) in [5, 5.41) is 20.3. The summed E-state index contributed by atoms with van der Waals surface area (Å²) in [6, 6.07) is 0. The van der Waals surface area contributed by atoms with Crippen molar-refractivity contribution >= 4 is 47.8 Å². The predicted octanol–water partition coefficient (Wildman–Crippen LogP) is 15.7. The molecule has 0 aliphatic heterocycles. The molecular formula is C60H108O8Sn. The van der Waals surface area contributed by atoms with E-state index in [4.69, 9.17) is 9.47 Å². The largest absolute Gasteiger partial charge is 2.00 e. The second kappa shape index (κ2) is 72.2. The van der Waals surface area contributed by atoms with Gasteiger partial charge in [0.15, 0.2) is 0 Å². The quantitative estimate of drug-likeness (QED) is 0.0193. The first-order valence-corrected chi connectivity index (χ1v) is 28.2. The summed E-state index contributed by atoms with van der Waals surface area (Å²) >= 11 is 0. The molecule has 0 amide bonds. The average Bonchev–Trinajstić information content (AvgIpc) is 3.33. The van der Waals surface area contributed by atoms with E-state index in [1.54, 1.807) is 0 Å². The minimum absolute atomic E-state index is 0. The fourth-order valence-electron chi connectivity index (χ4n) is 6.97. The molecule has 400 valence electrons. The Morgan fingerprint density at radius 1 is 0.333 bits per heavy atom. The van der Waals surface area contributed by atoms with Crippen molar-refractivity contribution in [3.8, 4) is 0 Å². The summed E-state index contributed by atoms with van der Waals surface area (Å²) in [7, 11) is 0. The van der Waals surface area contributed by atoms with Gasteiger partial charge in [-0.1, -0.05) is 258 Å². The van der Waals surface area contributed by atoms with Crippen LogP contribution in [-0.2, 0) is 28.7 Å². The van der Waals surface area contributed by atoms with Gasteiger partial charge < -0.3 is 29.3 Å². The molecule has 0 aromatic heterocycles. The molecule has 0 unspecified atom stereocenters. The third-order valence-corrected chi connectivity index (χ3v) is 11.2. The molecule has 0 aromatic rings. The van der Waals surface area contributed by atoms with Crippen LogP contribution >= 0.6 is 0 Å². The van der Waals surface area contributed by atoms with E-state index in [9.17, 15) is 29.4 Å². The number of hydrogen-bond acceptors (Lipinski definition) is 8. The van der Waals surface area contributed by atoms with Gasteiger partial charge in [0.1, 0.15) is 0 Å². The molecule has 0 aromatic carbocycles. The van der Waals surface area contributed by atoms with Gasteiger partial charge >= 0.3 is 35.8 Å². The normalized spacial score (nSPS) is 10.9. The summed E-state index contributed by atoms with van der Waals surface area (Å²) in [6.07, 6.45) is 63.0. The standard InChI is InChI=1S/2C22H38O4.2C8H17.Sn/c2*1-2-3-4-5-6-7-8-9-10-11-12-13-14-15-16-17-20-26-22(25)19-18-21(23)24;2*1-3-5-7-8-6-4-2;/h2*9-10,18-19H,2-8,11-17,20H2,1H3,(H,23,24);2*1,3-8H2,2H3;/q;;;;+2/p-2/b2*10-9-,19-18+;;;. The van der Waals surface area contributed by atoms with E-state index in [1.807, 2.05) is 0 Å². The van der Waals surface area contributed by atoms with Crippen LogP contribution in [0.5, 0.6) is 0 Å². The summed E-state index contributed by atoms with van der Waals surface area (Å²) < 4.78 is 9.77. The number of carboxylic acids is 2. The Kier molecular flexibility index (Phi) is 79.1. The van der Waals surface area contributed by atoms with Gasteiger partial charge in [-0.2, -0.15) is 0 Å². The number of esters is 2. The zero-order chi connectivity index (χ0) is 51.1. The van der Waals surface area contributed by atoms with Crippen molar-refractivity contribution in [3.63, 3.8) is 0 Å². The maximum absolute atomic E-state index is 11.1. The number of rotatable bonds is 46. The van der Waals surface area contributed by atoms with Gasteiger partial charge in [-0.15, -0.1) is 0 Å². The molecule has 0 aliphatic carbocycles. The van der Waals surface area contributed by atoms with E-state index >= 15 is 0 Å². The van der Waals surface area contributed by atoms with E-state index in [0.717, 1.165) is 63.5 Å². The van der Waals surface area contributed by atoms with Gasteiger partial charge in [0.25, 0.3) is 0 Å². The zero-order valence-electron chi connectivity index (χ0n) is 45.5. The number of carbonyl (C=O) groups is 4. The van der Waals surface area contributed by atoms with Crippen LogP contribution in [0, 0.1) is 13.8 Å². The van der Waals surface area contributed by atoms with Crippen molar-refractivity contribution in [1.82, 2.24) is 0 Å². The maximum atomic E-state index is 11.1. The average molecular weight is 1080 g/mol. The molecule has 8 nitrogen and oxygen atoms in total. The molecule has 0 aliphatic rings. The number of ether oxygens (including phenoxy) is 2. The number of allylic oxidation sites excluding steroid dienone is 4. The van der Waals surface area contributed by atoms with Crippen molar-refractivity contribution < 1.29 is 38.9 Å². The van der Waals surface area contributed by atoms with E-state index in [2.05, 4.69) is 65.8 Å². The van der Waals surface area contributed by atoms with Gasteiger partial charge in [-0.05, 0) is 76.4 Å². The number of hydrogen-bond donors (Lipinski definition) is 0. The minimum atomic E-state index is -1.39. The van der Waals surface area contributed by atoms with Crippen molar-refractivity contribution in [3.05, 3.63) is 62.5 Å². The fraction of sp³-hybridized carbons (Fsp3) is 0.767. The van der Waals surface area contributed by atoms with E-state index in [0.29, 0.717) is 25.4 Å². The molecule has 0 fully saturated rings. The van der Waals surface area contributed by atoms with Crippen molar-refractivity contribution in [2.45, 2.75) is 285 Å². The van der Waals surface area contributed by atoms with Crippen LogP contribution in [0.4, 0.5) is 0 Å². The summed E-state index contributed by atoms with van der Waals surface area (Å²) in [6.45, 7) is 17.2. The van der Waals surface area contributed by atoms with Crippen molar-refractivity contribution in [1.29, 1.82) is 0 Å². The van der Waals surface area contributed by atoms with Crippen LogP contribution in [0.3, 0.4) is 0 Å². The Labute approximate surface area is 444 Å². The van der Waals surface area contributed by atoms with E-state index in [-0.39, 0.29) is 23.9 Å². The van der Waals surface area contributed by atoms with Crippen LogP contribution in [0.2, 0.25) is 0 Å². The van der Waals surface area contributed by atoms with Crippen LogP contribution in [0.25, 0.3) is 0 Å². The van der Waals surface area contributed by atoms with Crippen LogP contribution < -0.4 is 10.2 Å². The Hall–Kier alpha value is -2.36. The Morgan fingerprint density at radius 2 is 0.551 bits per heavy atom. The Balaban J connectivity index is -0.000000297. The summed E-state index contributed by atoms with van der Waals surface area (Å²) in [5.41, 5.74) is 0. The third-order valence-electron chi connectivity index (χ3n) is 11.2. The molecule has 0 saturated carbocycles. The van der Waals surface area contributed by atoms with Crippen molar-refractivity contribution in [2.24, 2.45) is 0 Å². The number of carboxylic acid groups (broad SMARTS) is 2. The smallest absolute Gasteiger partial charge is 0.545 e. The second-order valence-corrected chi connectivity index (χ2v) is 18.1. The molecule has 0 bridgehead atoms. The molecule has 0 spiro atoms. The van der Waals surface area contributed by atoms with Crippen LogP contribution in [0.1, 0.15) is 285 Å². The third kappa shape index (κ3) is 85.9. The number of carbonyl (C=O) groups excluding carboxylic acids is 4. The van der Waals surface area contributed by atoms with E-state index in [1.165, 1.54) is 205 Å². The second-order valence-electron chi connectivity index (χ2n) is 18.1. The van der Waals surface area contributed by atoms with Crippen molar-refractivity contribution in [2.75, 3.05) is 13.2 Å². The fourth-order valence-corrected chi connectivity index (χ4v) is 6.97. The molecule has 0 N–H and O–H groups in total. The first-order valence-electron chi connectivity index (χ1n) is 28.2. The van der Waals surface area contributed by atoms with Gasteiger partial charge in [0.2, 0.25) is 0 Å². The molecule has 4 radical (unpaired) electrons. The predicted molar refractivity (Wildman–Crippen MR) is 292 cm³/mol. The number of aliphatic carboxylic acids is 2. The maximum Gasteiger partial charge on any atom is 2.00 e. The molecule has 0 atom stereocenters.